The second-order valence-corrected chi connectivity index (χ2v) is 7.91. The third kappa shape index (κ3) is 3.93. The Morgan fingerprint density at radius 2 is 1.88 bits per heavy atom. The molecule has 6 nitrogen and oxygen atoms in total. The fourth-order valence-corrected chi connectivity index (χ4v) is 4.39. The van der Waals surface area contributed by atoms with Crippen molar-refractivity contribution in [2.45, 2.75) is 49.9 Å². The Morgan fingerprint density at radius 1 is 1.19 bits per heavy atom. The van der Waals surface area contributed by atoms with E-state index in [-0.39, 0.29) is 11.8 Å². The van der Waals surface area contributed by atoms with E-state index >= 15 is 0 Å². The first-order valence-electron chi connectivity index (χ1n) is 8.90. The van der Waals surface area contributed by atoms with Crippen molar-refractivity contribution in [3.63, 3.8) is 0 Å². The number of fused-ring (bicyclic) bond motifs is 1. The smallest absolute Gasteiger partial charge is 0.318 e. The van der Waals surface area contributed by atoms with Crippen LogP contribution in [0.4, 0.5) is 4.79 Å². The van der Waals surface area contributed by atoms with E-state index in [4.69, 9.17) is 10.7 Å². The number of carbonyl (C=O) groups excluding carboxylic acids is 2. The summed E-state index contributed by atoms with van der Waals surface area (Å²) in [5.41, 5.74) is 8.51. The average molecular weight is 372 g/mol. The zero-order valence-electron chi connectivity index (χ0n) is 15.1. The van der Waals surface area contributed by atoms with Gasteiger partial charge in [-0.1, -0.05) is 43.8 Å². The fraction of sp³-hybridized carbons (Fsp3) is 0.421. The molecule has 0 fully saturated rings. The molecule has 26 heavy (non-hydrogen) atoms. The maximum absolute atomic E-state index is 12.4. The van der Waals surface area contributed by atoms with Crippen LogP contribution in [0.1, 0.15) is 38.1 Å². The highest BCUT2D eigenvalue weighted by atomic mass is 32.2. The van der Waals surface area contributed by atoms with Crippen LogP contribution in [0.5, 0.6) is 0 Å². The minimum absolute atomic E-state index is 0.0253. The number of aryl methyl sites for hydroxylation is 1. The maximum Gasteiger partial charge on any atom is 0.318 e. The van der Waals surface area contributed by atoms with Crippen LogP contribution in [0.15, 0.2) is 35.5 Å². The molecule has 2 aromatic rings. The van der Waals surface area contributed by atoms with E-state index in [1.54, 1.807) is 0 Å². The molecule has 1 aliphatic rings. The van der Waals surface area contributed by atoms with E-state index in [0.29, 0.717) is 0 Å². The van der Waals surface area contributed by atoms with Gasteiger partial charge in [0.05, 0.1) is 10.9 Å². The summed E-state index contributed by atoms with van der Waals surface area (Å²) in [5.74, 6) is -0.351. The number of rotatable bonds is 5. The lowest BCUT2D eigenvalue weighted by atomic mass is 10.0. The van der Waals surface area contributed by atoms with Gasteiger partial charge >= 0.3 is 6.03 Å². The highest BCUT2D eigenvalue weighted by molar-refractivity contribution is 8.00. The number of urea groups is 1. The molecular formula is C19H24N4O2S. The molecule has 0 unspecified atom stereocenters. The van der Waals surface area contributed by atoms with E-state index in [0.717, 1.165) is 42.2 Å². The van der Waals surface area contributed by atoms with Crippen molar-refractivity contribution in [2.75, 3.05) is 0 Å². The largest absolute Gasteiger partial charge is 0.351 e. The van der Waals surface area contributed by atoms with Crippen molar-refractivity contribution in [3.05, 3.63) is 41.7 Å². The van der Waals surface area contributed by atoms with Crippen molar-refractivity contribution in [1.82, 2.24) is 14.9 Å². The van der Waals surface area contributed by atoms with Crippen LogP contribution in [0, 0.1) is 5.92 Å². The molecule has 1 aliphatic carbocycles. The number of thioether (sulfide) groups is 1. The summed E-state index contributed by atoms with van der Waals surface area (Å²) in [7, 11) is 0. The molecule has 1 atom stereocenters. The summed E-state index contributed by atoms with van der Waals surface area (Å²) >= 11 is 1.39. The zero-order chi connectivity index (χ0) is 18.7. The van der Waals surface area contributed by atoms with Crippen LogP contribution < -0.4 is 11.1 Å². The third-order valence-electron chi connectivity index (χ3n) is 4.46. The molecule has 138 valence electrons. The normalized spacial score (nSPS) is 14.7. The van der Waals surface area contributed by atoms with Crippen LogP contribution in [0.25, 0.3) is 5.69 Å². The molecule has 0 saturated carbocycles. The number of benzene rings is 1. The molecule has 3 N–H and O–H groups in total. The summed E-state index contributed by atoms with van der Waals surface area (Å²) in [5, 5.41) is 2.55. The molecule has 1 aromatic carbocycles. The number of nitrogens with zero attached hydrogens (tertiary/aromatic N) is 2. The van der Waals surface area contributed by atoms with Crippen molar-refractivity contribution >= 4 is 23.7 Å². The quantitative estimate of drug-likeness (QED) is 0.789. The molecule has 0 saturated heterocycles. The molecule has 1 heterocycles. The molecular weight excluding hydrogens is 348 g/mol. The number of carbonyl (C=O) groups is 2. The van der Waals surface area contributed by atoms with Gasteiger partial charge in [-0.3, -0.25) is 14.7 Å². The number of hydrogen-bond acceptors (Lipinski definition) is 4. The molecule has 1 aromatic heterocycles. The van der Waals surface area contributed by atoms with Crippen LogP contribution in [-0.4, -0.2) is 26.7 Å². The van der Waals surface area contributed by atoms with Crippen molar-refractivity contribution in [2.24, 2.45) is 11.7 Å². The molecule has 3 amide bonds. The molecule has 7 heteroatoms. The second kappa shape index (κ2) is 7.95. The van der Waals surface area contributed by atoms with Gasteiger partial charge in [0.2, 0.25) is 5.91 Å². The number of primary amides is 1. The van der Waals surface area contributed by atoms with Gasteiger partial charge in [0.25, 0.3) is 0 Å². The number of amides is 3. The minimum Gasteiger partial charge on any atom is -0.351 e. The number of nitrogens with two attached hydrogens (primary N) is 1. The van der Waals surface area contributed by atoms with Crippen LogP contribution in [0.3, 0.4) is 0 Å². The highest BCUT2D eigenvalue weighted by Crippen LogP contribution is 2.34. The van der Waals surface area contributed by atoms with Gasteiger partial charge in [0, 0.05) is 11.4 Å². The maximum atomic E-state index is 12.4. The fourth-order valence-electron chi connectivity index (χ4n) is 3.24. The number of hydrogen-bond donors (Lipinski definition) is 2. The topological polar surface area (TPSA) is 90.0 Å². The van der Waals surface area contributed by atoms with Gasteiger partial charge in [-0.05, 0) is 43.7 Å². The van der Waals surface area contributed by atoms with E-state index in [1.807, 2.05) is 32.0 Å². The summed E-state index contributed by atoms with van der Waals surface area (Å²) in [6, 6.07) is 9.25. The highest BCUT2D eigenvalue weighted by Gasteiger charge is 2.29. The summed E-state index contributed by atoms with van der Waals surface area (Å²) in [6.07, 6.45) is 4.23. The Labute approximate surface area is 157 Å². The molecule has 0 radical (unpaired) electrons. The number of imide groups is 1. The lowest BCUT2D eigenvalue weighted by Gasteiger charge is -2.20. The number of para-hydroxylation sites is 1. The van der Waals surface area contributed by atoms with Crippen LogP contribution in [0.2, 0.25) is 0 Å². The Balaban J connectivity index is 1.99. The first-order chi connectivity index (χ1) is 12.5. The summed E-state index contributed by atoms with van der Waals surface area (Å²) < 4.78 is 2.16. The van der Waals surface area contributed by atoms with Crippen molar-refractivity contribution in [1.29, 1.82) is 0 Å². The predicted molar refractivity (Wildman–Crippen MR) is 102 cm³/mol. The van der Waals surface area contributed by atoms with E-state index in [2.05, 4.69) is 22.0 Å². The van der Waals surface area contributed by atoms with Gasteiger partial charge in [-0.25, -0.2) is 9.78 Å². The predicted octanol–water partition coefficient (Wildman–Crippen LogP) is 3.06. The Bertz CT molecular complexity index is 801. The van der Waals surface area contributed by atoms with Gasteiger partial charge in [0.1, 0.15) is 0 Å². The van der Waals surface area contributed by atoms with E-state index in [9.17, 15) is 9.59 Å². The molecule has 0 spiro atoms. The Morgan fingerprint density at radius 3 is 2.54 bits per heavy atom. The molecule has 0 aliphatic heterocycles. The van der Waals surface area contributed by atoms with Crippen molar-refractivity contribution in [3.8, 4) is 5.69 Å². The Kier molecular flexibility index (Phi) is 5.66. The monoisotopic (exact) mass is 372 g/mol. The first-order valence-corrected chi connectivity index (χ1v) is 9.78. The molecule has 0 bridgehead atoms. The number of imidazole rings is 1. The summed E-state index contributed by atoms with van der Waals surface area (Å²) in [6.45, 7) is 3.90. The Hall–Kier alpha value is -2.28. The number of aromatic nitrogens is 2. The molecule has 3 rings (SSSR count). The average Bonchev–Trinajstić information content (AvgIpc) is 2.97. The lowest BCUT2D eigenvalue weighted by molar-refractivity contribution is -0.120. The van der Waals surface area contributed by atoms with Gasteiger partial charge in [-0.15, -0.1) is 0 Å². The third-order valence-corrected chi connectivity index (χ3v) is 5.96. The minimum atomic E-state index is -0.827. The lowest BCUT2D eigenvalue weighted by Crippen LogP contribution is -2.42. The zero-order valence-corrected chi connectivity index (χ0v) is 15.9. The van der Waals surface area contributed by atoms with Crippen LogP contribution >= 0.6 is 11.8 Å². The second-order valence-electron chi connectivity index (χ2n) is 6.80. The standard InChI is InChI=1S/C19H24N4O2S/c1-12(2)16(17(24)22-18(20)25)26-19-21-14-10-6-7-11-15(14)23(19)13-8-4-3-5-9-13/h3-5,8-9,12,16H,6-7,10-11H2,1-2H3,(H3,20,22,24,25)/t16-/m0/s1. The SMILES string of the molecule is CC(C)[C@H](Sc1nc2c(n1-c1ccccc1)CCCC2)C(=O)NC(N)=O. The van der Waals surface area contributed by atoms with Gasteiger partial charge in [-0.2, -0.15) is 0 Å². The first kappa shape index (κ1) is 18.5. The van der Waals surface area contributed by atoms with Crippen LogP contribution in [-0.2, 0) is 17.6 Å². The number of nitrogens with one attached hydrogen (secondary N) is 1. The van der Waals surface area contributed by atoms with E-state index < -0.39 is 11.3 Å². The summed E-state index contributed by atoms with van der Waals surface area (Å²) in [4.78, 5) is 28.4. The van der Waals surface area contributed by atoms with Gasteiger partial charge in [0.15, 0.2) is 5.16 Å². The van der Waals surface area contributed by atoms with Gasteiger partial charge < -0.3 is 5.73 Å². The van der Waals surface area contributed by atoms with E-state index in [1.165, 1.54) is 17.5 Å². The van der Waals surface area contributed by atoms with Crippen molar-refractivity contribution < 1.29 is 9.59 Å².